The van der Waals surface area contributed by atoms with E-state index in [0.29, 0.717) is 0 Å². The van der Waals surface area contributed by atoms with Crippen LogP contribution in [-0.2, 0) is 0 Å². The van der Waals surface area contributed by atoms with E-state index in [2.05, 4.69) is 172 Å². The molecule has 0 aromatic heterocycles. The van der Waals surface area contributed by atoms with E-state index in [1.165, 1.54) is 66.4 Å². The quantitative estimate of drug-likeness (QED) is 0.207. The molecule has 0 N–H and O–H groups in total. The number of allylic oxidation sites excluding steroid dienone is 15. The number of fused-ring (bicyclic) bond motifs is 2. The van der Waals surface area contributed by atoms with Crippen LogP contribution in [0.25, 0.3) is 55.8 Å². The second-order valence-electron chi connectivity index (χ2n) is 11.8. The van der Waals surface area contributed by atoms with Gasteiger partial charge in [0.1, 0.15) is 0 Å². The zero-order chi connectivity index (χ0) is 30.8. The molecule has 0 heterocycles. The Labute approximate surface area is 267 Å². The van der Waals surface area contributed by atoms with Gasteiger partial charge in [0.05, 0.1) is 0 Å². The number of rotatable bonds is 5. The van der Waals surface area contributed by atoms with Crippen LogP contribution in [0.1, 0.15) is 48.9 Å². The maximum absolute atomic E-state index is 4.61. The number of hydrogen-bond donors (Lipinski definition) is 0. The minimum atomic E-state index is 0.987. The van der Waals surface area contributed by atoms with Crippen molar-refractivity contribution in [3.05, 3.63) is 185 Å². The molecule has 7 rings (SSSR count). The smallest absolute Gasteiger partial charge is 0.00203 e. The van der Waals surface area contributed by atoms with E-state index in [0.717, 1.165) is 29.6 Å². The van der Waals surface area contributed by atoms with E-state index in [-0.39, 0.29) is 0 Å². The molecule has 0 amide bonds. The topological polar surface area (TPSA) is 0 Å². The van der Waals surface area contributed by atoms with Crippen molar-refractivity contribution < 1.29 is 0 Å². The van der Waals surface area contributed by atoms with E-state index in [1.807, 2.05) is 0 Å². The van der Waals surface area contributed by atoms with Gasteiger partial charge in [-0.15, -0.1) is 5.73 Å². The van der Waals surface area contributed by atoms with Crippen molar-refractivity contribution in [2.75, 3.05) is 0 Å². The molecule has 4 aromatic rings. The molecular formula is C45H36. The van der Waals surface area contributed by atoms with Gasteiger partial charge < -0.3 is 0 Å². The third kappa shape index (κ3) is 5.53. The highest BCUT2D eigenvalue weighted by Gasteiger charge is 2.22. The lowest BCUT2D eigenvalue weighted by Crippen LogP contribution is -1.99. The second-order valence-corrected chi connectivity index (χ2v) is 11.8. The minimum Gasteiger partial charge on any atom is -0.117 e. The van der Waals surface area contributed by atoms with Gasteiger partial charge >= 0.3 is 0 Å². The van der Waals surface area contributed by atoms with Crippen LogP contribution in [-0.4, -0.2) is 0 Å². The molecule has 0 fully saturated rings. The Balaban J connectivity index is 1.46. The van der Waals surface area contributed by atoms with Crippen molar-refractivity contribution in [1.29, 1.82) is 0 Å². The molecule has 0 nitrogen and oxygen atoms in total. The molecule has 0 heteroatoms. The molecule has 4 aromatic carbocycles. The fourth-order valence-corrected chi connectivity index (χ4v) is 6.59. The molecule has 0 radical (unpaired) electrons. The van der Waals surface area contributed by atoms with Crippen molar-refractivity contribution >= 4 is 33.6 Å². The van der Waals surface area contributed by atoms with Crippen LogP contribution in [0.2, 0.25) is 0 Å². The standard InChI is InChI=1S/C45H36/c1-4-33-15-10-17-35(28-26-33)37-19-12-21-39(30-37)45-41-23-8-7-22-40(41)44(42-24-6-5-14-32(3)43(42)45)38-20-11-18-36(29-38)34-16-9-13-31(2)25-27-34/h5-24,27-30H,3-4,26H2,1-2H3. The van der Waals surface area contributed by atoms with Crippen molar-refractivity contribution in [3.8, 4) is 22.3 Å². The van der Waals surface area contributed by atoms with Gasteiger partial charge in [-0.1, -0.05) is 147 Å². The Morgan fingerprint density at radius 1 is 0.644 bits per heavy atom. The molecule has 0 atom stereocenters. The molecule has 0 unspecified atom stereocenters. The van der Waals surface area contributed by atoms with Crippen molar-refractivity contribution in [2.24, 2.45) is 0 Å². The SMILES string of the molecule is C=C1C=CC=Cc2c1c(-c1cccc(C3=CCC(CC)=CC=C3)c1)c1ccccc1c2-c1cccc(C2=CC=CC(C)=C=C2)c1. The van der Waals surface area contributed by atoms with Gasteiger partial charge in [-0.3, -0.25) is 0 Å². The average Bonchev–Trinajstić information content (AvgIpc) is 3.53. The van der Waals surface area contributed by atoms with E-state index in [4.69, 9.17) is 0 Å². The molecule has 0 bridgehead atoms. The predicted octanol–water partition coefficient (Wildman–Crippen LogP) is 12.5. The summed E-state index contributed by atoms with van der Waals surface area (Å²) in [5.41, 5.74) is 19.1. The molecule has 0 aliphatic heterocycles. The van der Waals surface area contributed by atoms with Gasteiger partial charge in [-0.25, -0.2) is 0 Å². The normalized spacial score (nSPS) is 15.6. The summed E-state index contributed by atoms with van der Waals surface area (Å²) < 4.78 is 0. The van der Waals surface area contributed by atoms with Crippen molar-refractivity contribution in [2.45, 2.75) is 26.7 Å². The van der Waals surface area contributed by atoms with Gasteiger partial charge in [-0.2, -0.15) is 0 Å². The van der Waals surface area contributed by atoms with Gasteiger partial charge in [0.15, 0.2) is 0 Å². The second kappa shape index (κ2) is 12.3. The summed E-state index contributed by atoms with van der Waals surface area (Å²) in [4.78, 5) is 0. The van der Waals surface area contributed by atoms with Gasteiger partial charge in [0, 0.05) is 0 Å². The van der Waals surface area contributed by atoms with E-state index in [1.54, 1.807) is 0 Å². The van der Waals surface area contributed by atoms with E-state index in [9.17, 15) is 0 Å². The molecule has 0 saturated carbocycles. The maximum atomic E-state index is 4.61. The lowest BCUT2D eigenvalue weighted by Gasteiger charge is -2.22. The first-order chi connectivity index (χ1) is 22.1. The maximum Gasteiger partial charge on any atom is -0.00203 e. The summed E-state index contributed by atoms with van der Waals surface area (Å²) >= 11 is 0. The van der Waals surface area contributed by atoms with Crippen LogP contribution in [0.15, 0.2) is 163 Å². The fourth-order valence-electron chi connectivity index (χ4n) is 6.59. The zero-order valence-corrected chi connectivity index (χ0v) is 26.0. The van der Waals surface area contributed by atoms with Crippen molar-refractivity contribution in [1.82, 2.24) is 0 Å². The Morgan fingerprint density at radius 2 is 1.31 bits per heavy atom. The number of hydrogen-bond acceptors (Lipinski definition) is 0. The summed E-state index contributed by atoms with van der Waals surface area (Å²) in [7, 11) is 0. The third-order valence-corrected chi connectivity index (χ3v) is 8.94. The highest BCUT2D eigenvalue weighted by molar-refractivity contribution is 6.14. The van der Waals surface area contributed by atoms with Crippen molar-refractivity contribution in [3.63, 3.8) is 0 Å². The summed E-state index contributed by atoms with van der Waals surface area (Å²) in [5.74, 6) is 0. The average molecular weight is 577 g/mol. The van der Waals surface area contributed by atoms with Crippen LogP contribution in [0.3, 0.4) is 0 Å². The molecule has 3 aliphatic rings. The highest BCUT2D eigenvalue weighted by atomic mass is 14.3. The fraction of sp³-hybridized carbons (Fsp3) is 0.0889. The lowest BCUT2D eigenvalue weighted by atomic mass is 9.80. The first kappa shape index (κ1) is 28.4. The molecular weight excluding hydrogens is 540 g/mol. The molecule has 45 heavy (non-hydrogen) atoms. The summed E-state index contributed by atoms with van der Waals surface area (Å²) in [6.45, 7) is 8.91. The molecule has 3 aliphatic carbocycles. The predicted molar refractivity (Wildman–Crippen MR) is 197 cm³/mol. The third-order valence-electron chi connectivity index (χ3n) is 8.94. The monoisotopic (exact) mass is 576 g/mol. The highest BCUT2D eigenvalue weighted by Crippen LogP contribution is 2.46. The van der Waals surface area contributed by atoms with E-state index < -0.39 is 0 Å². The van der Waals surface area contributed by atoms with Gasteiger partial charge in [0.25, 0.3) is 0 Å². The van der Waals surface area contributed by atoms with Crippen LogP contribution in [0.4, 0.5) is 0 Å². The molecule has 0 saturated heterocycles. The zero-order valence-electron chi connectivity index (χ0n) is 26.0. The first-order valence-electron chi connectivity index (χ1n) is 15.8. The Hall–Kier alpha value is -5.42. The first-order valence-corrected chi connectivity index (χ1v) is 15.8. The van der Waals surface area contributed by atoms with Crippen LogP contribution < -0.4 is 0 Å². The van der Waals surface area contributed by atoms with Gasteiger partial charge in [0.2, 0.25) is 0 Å². The lowest BCUT2D eigenvalue weighted by molar-refractivity contribution is 1.04. The van der Waals surface area contributed by atoms with Crippen LogP contribution >= 0.6 is 0 Å². The number of benzene rings is 4. The Bertz CT molecular complexity index is 2150. The summed E-state index contributed by atoms with van der Waals surface area (Å²) in [5, 5.41) is 2.47. The Kier molecular flexibility index (Phi) is 7.75. The summed E-state index contributed by atoms with van der Waals surface area (Å²) in [6.07, 6.45) is 28.2. The van der Waals surface area contributed by atoms with Crippen LogP contribution in [0, 0.1) is 0 Å². The largest absolute Gasteiger partial charge is 0.117 e. The molecule has 216 valence electrons. The molecule has 0 spiro atoms. The minimum absolute atomic E-state index is 0.987. The summed E-state index contributed by atoms with van der Waals surface area (Å²) in [6, 6.07) is 26.8. The Morgan fingerprint density at radius 3 is 2.09 bits per heavy atom. The van der Waals surface area contributed by atoms with E-state index >= 15 is 0 Å². The van der Waals surface area contributed by atoms with Gasteiger partial charge in [-0.05, 0) is 116 Å². The van der Waals surface area contributed by atoms with Crippen LogP contribution in [0.5, 0.6) is 0 Å².